The van der Waals surface area contributed by atoms with Crippen LogP contribution >= 0.6 is 0 Å². The van der Waals surface area contributed by atoms with Gasteiger partial charge in [-0.05, 0) is 30.9 Å². The van der Waals surface area contributed by atoms with E-state index in [9.17, 15) is 20.0 Å². The van der Waals surface area contributed by atoms with Crippen LogP contribution in [-0.2, 0) is 11.2 Å². The largest absolute Gasteiger partial charge is 0.394 e. The molecule has 1 atom stereocenters. The number of nitrogens with one attached hydrogen (secondary N) is 1. The number of nitro benzene ring substituents is 1. The lowest BCUT2D eigenvalue weighted by Crippen LogP contribution is -2.42. The number of hydrogen-bond donors (Lipinski definition) is 2. The predicted molar refractivity (Wildman–Crippen MR) is 77.5 cm³/mol. The Balaban J connectivity index is 2.06. The van der Waals surface area contributed by atoms with E-state index in [-0.39, 0.29) is 30.7 Å². The average Bonchev–Trinajstić information content (AvgIpc) is 2.84. The van der Waals surface area contributed by atoms with Crippen LogP contribution in [0.2, 0.25) is 0 Å². The van der Waals surface area contributed by atoms with Crippen molar-refractivity contribution in [3.63, 3.8) is 0 Å². The Morgan fingerprint density at radius 3 is 2.95 bits per heavy atom. The molecule has 1 amide bonds. The van der Waals surface area contributed by atoms with Gasteiger partial charge in [0.1, 0.15) is 5.69 Å². The van der Waals surface area contributed by atoms with Crippen LogP contribution in [0.5, 0.6) is 0 Å². The summed E-state index contributed by atoms with van der Waals surface area (Å²) in [5.74, 6) is -0.145. The number of benzene rings is 1. The molecule has 7 nitrogen and oxygen atoms in total. The summed E-state index contributed by atoms with van der Waals surface area (Å²) in [6.45, 7) is 0.652. The number of hydrogen-bond acceptors (Lipinski definition) is 5. The second kappa shape index (κ2) is 5.33. The quantitative estimate of drug-likeness (QED) is 0.649. The van der Waals surface area contributed by atoms with E-state index in [1.165, 1.54) is 6.07 Å². The normalized spacial score (nSPS) is 21.1. The minimum absolute atomic E-state index is 0.00519. The molecule has 1 fully saturated rings. The van der Waals surface area contributed by atoms with Crippen molar-refractivity contribution >= 4 is 23.0 Å². The highest BCUT2D eigenvalue weighted by molar-refractivity contribution is 6.00. The molecule has 1 aromatic carbocycles. The monoisotopic (exact) mass is 291 g/mol. The lowest BCUT2D eigenvalue weighted by molar-refractivity contribution is -0.384. The minimum atomic E-state index is -0.415. The molecule has 2 N–H and O–H groups in total. The van der Waals surface area contributed by atoms with Crippen molar-refractivity contribution in [2.75, 3.05) is 23.4 Å². The van der Waals surface area contributed by atoms with Crippen molar-refractivity contribution in [2.45, 2.75) is 31.7 Å². The third kappa shape index (κ3) is 2.44. The van der Waals surface area contributed by atoms with E-state index in [0.29, 0.717) is 23.5 Å². The van der Waals surface area contributed by atoms with Gasteiger partial charge in [-0.2, -0.15) is 0 Å². The van der Waals surface area contributed by atoms with Gasteiger partial charge in [-0.15, -0.1) is 0 Å². The summed E-state index contributed by atoms with van der Waals surface area (Å²) in [4.78, 5) is 24.3. The van der Waals surface area contributed by atoms with Crippen LogP contribution in [0.25, 0.3) is 0 Å². The van der Waals surface area contributed by atoms with Crippen LogP contribution in [0.3, 0.4) is 0 Å². The zero-order valence-electron chi connectivity index (χ0n) is 11.5. The highest BCUT2D eigenvalue weighted by Crippen LogP contribution is 2.39. The van der Waals surface area contributed by atoms with Crippen molar-refractivity contribution < 1.29 is 14.8 Å². The summed E-state index contributed by atoms with van der Waals surface area (Å²) in [7, 11) is 0. The van der Waals surface area contributed by atoms with E-state index in [1.807, 2.05) is 4.90 Å². The number of carbonyl (C=O) groups is 1. The average molecular weight is 291 g/mol. The number of nitrogens with zero attached hydrogens (tertiary/aromatic N) is 2. The summed E-state index contributed by atoms with van der Waals surface area (Å²) >= 11 is 0. The highest BCUT2D eigenvalue weighted by Gasteiger charge is 2.31. The van der Waals surface area contributed by atoms with Gasteiger partial charge < -0.3 is 15.3 Å². The number of fused-ring (bicyclic) bond motifs is 1. The van der Waals surface area contributed by atoms with Gasteiger partial charge in [-0.25, -0.2) is 0 Å². The molecule has 112 valence electrons. The van der Waals surface area contributed by atoms with Gasteiger partial charge in [-0.1, -0.05) is 0 Å². The summed E-state index contributed by atoms with van der Waals surface area (Å²) in [5.41, 5.74) is 1.79. The zero-order chi connectivity index (χ0) is 15.0. The van der Waals surface area contributed by atoms with E-state index in [1.54, 1.807) is 6.07 Å². The Morgan fingerprint density at radius 2 is 2.24 bits per heavy atom. The van der Waals surface area contributed by atoms with E-state index >= 15 is 0 Å². The molecule has 2 heterocycles. The standard InChI is InChI=1S/C14H17N3O4/c18-8-10-3-1-2-4-16(10)12-7-11-9(6-14(19)15-11)5-13(12)17(20)21/h5,7,10,18H,1-4,6,8H2,(H,15,19). The van der Waals surface area contributed by atoms with Gasteiger partial charge >= 0.3 is 0 Å². The van der Waals surface area contributed by atoms with Crippen LogP contribution in [-0.4, -0.2) is 35.1 Å². The highest BCUT2D eigenvalue weighted by atomic mass is 16.6. The van der Waals surface area contributed by atoms with Gasteiger partial charge in [0.05, 0.1) is 24.0 Å². The number of aliphatic hydroxyl groups is 1. The zero-order valence-corrected chi connectivity index (χ0v) is 11.5. The molecule has 2 aliphatic heterocycles. The fourth-order valence-electron chi connectivity index (χ4n) is 3.13. The van der Waals surface area contributed by atoms with E-state index in [2.05, 4.69) is 5.32 Å². The third-order valence-corrected chi connectivity index (χ3v) is 4.17. The molecule has 2 aliphatic rings. The first-order valence-corrected chi connectivity index (χ1v) is 7.09. The first-order chi connectivity index (χ1) is 10.1. The molecule has 1 aromatic rings. The molecule has 0 saturated carbocycles. The molecular formula is C14H17N3O4. The molecule has 1 unspecified atom stereocenters. The van der Waals surface area contributed by atoms with Crippen molar-refractivity contribution in [3.8, 4) is 0 Å². The van der Waals surface area contributed by atoms with Gasteiger partial charge in [0, 0.05) is 18.3 Å². The maximum absolute atomic E-state index is 11.5. The second-order valence-corrected chi connectivity index (χ2v) is 5.51. The number of nitro groups is 1. The number of aliphatic hydroxyl groups excluding tert-OH is 1. The fourth-order valence-corrected chi connectivity index (χ4v) is 3.13. The van der Waals surface area contributed by atoms with Gasteiger partial charge in [-0.3, -0.25) is 14.9 Å². The Labute approximate surface area is 121 Å². The summed E-state index contributed by atoms with van der Waals surface area (Å²) in [5, 5.41) is 23.6. The molecule has 0 aliphatic carbocycles. The summed E-state index contributed by atoms with van der Waals surface area (Å²) in [6.07, 6.45) is 2.95. The van der Waals surface area contributed by atoms with Crippen molar-refractivity contribution in [1.29, 1.82) is 0 Å². The molecule has 0 bridgehead atoms. The predicted octanol–water partition coefficient (Wildman–Crippen LogP) is 1.44. The first kappa shape index (κ1) is 13.8. The maximum Gasteiger partial charge on any atom is 0.292 e. The molecule has 0 spiro atoms. The Bertz CT molecular complexity index is 602. The molecule has 3 rings (SSSR count). The lowest BCUT2D eigenvalue weighted by atomic mass is 10.0. The molecular weight excluding hydrogens is 274 g/mol. The van der Waals surface area contributed by atoms with Crippen molar-refractivity contribution in [1.82, 2.24) is 0 Å². The molecule has 7 heteroatoms. The fraction of sp³-hybridized carbons (Fsp3) is 0.500. The number of anilines is 2. The maximum atomic E-state index is 11.5. The second-order valence-electron chi connectivity index (χ2n) is 5.51. The van der Waals surface area contributed by atoms with Crippen LogP contribution < -0.4 is 10.2 Å². The minimum Gasteiger partial charge on any atom is -0.394 e. The van der Waals surface area contributed by atoms with Gasteiger partial charge in [0.25, 0.3) is 5.69 Å². The van der Waals surface area contributed by atoms with Crippen LogP contribution in [0.4, 0.5) is 17.1 Å². The van der Waals surface area contributed by atoms with Crippen LogP contribution in [0.15, 0.2) is 12.1 Å². The van der Waals surface area contributed by atoms with E-state index in [0.717, 1.165) is 19.3 Å². The van der Waals surface area contributed by atoms with Crippen LogP contribution in [0, 0.1) is 10.1 Å². The van der Waals surface area contributed by atoms with Gasteiger partial charge in [0.2, 0.25) is 5.91 Å². The Morgan fingerprint density at radius 1 is 1.43 bits per heavy atom. The first-order valence-electron chi connectivity index (χ1n) is 7.09. The molecule has 21 heavy (non-hydrogen) atoms. The molecule has 1 saturated heterocycles. The number of carbonyl (C=O) groups excluding carboxylic acids is 1. The SMILES string of the molecule is O=C1Cc2cc([N+](=O)[O-])c(N3CCCCC3CO)cc2N1. The summed E-state index contributed by atoms with van der Waals surface area (Å²) < 4.78 is 0. The topological polar surface area (TPSA) is 95.7 Å². The number of amides is 1. The number of piperidine rings is 1. The van der Waals surface area contributed by atoms with E-state index in [4.69, 9.17) is 0 Å². The third-order valence-electron chi connectivity index (χ3n) is 4.17. The van der Waals surface area contributed by atoms with E-state index < -0.39 is 4.92 Å². The number of rotatable bonds is 3. The molecule has 0 radical (unpaired) electrons. The Kier molecular flexibility index (Phi) is 3.50. The lowest BCUT2D eigenvalue weighted by Gasteiger charge is -2.36. The summed E-state index contributed by atoms with van der Waals surface area (Å²) in [6, 6.07) is 3.05. The Hall–Kier alpha value is -2.15. The molecule has 0 aromatic heterocycles. The van der Waals surface area contributed by atoms with Gasteiger partial charge in [0.15, 0.2) is 0 Å². The van der Waals surface area contributed by atoms with Crippen molar-refractivity contribution in [3.05, 3.63) is 27.8 Å². The van der Waals surface area contributed by atoms with Crippen molar-refractivity contribution in [2.24, 2.45) is 0 Å². The smallest absolute Gasteiger partial charge is 0.292 e. The van der Waals surface area contributed by atoms with Crippen LogP contribution in [0.1, 0.15) is 24.8 Å².